The van der Waals surface area contributed by atoms with Crippen molar-refractivity contribution in [3.05, 3.63) is 42.1 Å². The van der Waals surface area contributed by atoms with E-state index in [1.54, 1.807) is 0 Å². The van der Waals surface area contributed by atoms with Crippen molar-refractivity contribution in [1.82, 2.24) is 10.1 Å². The number of rotatable bonds is 3. The predicted molar refractivity (Wildman–Crippen MR) is 65.2 cm³/mol. The average molecular weight is 229 g/mol. The highest BCUT2D eigenvalue weighted by Gasteiger charge is 2.23. The van der Waals surface area contributed by atoms with E-state index in [9.17, 15) is 0 Å². The first-order chi connectivity index (χ1) is 8.31. The average Bonchev–Trinajstić information content (AvgIpc) is 2.77. The standard InChI is InChI=1S/C13H15N3O/c14-11-7-16(8-11)9-12-6-13(17-15-12)10-4-2-1-3-5-10/h1-6,11H,7-9,14H2. The lowest BCUT2D eigenvalue weighted by Gasteiger charge is -2.35. The second-order valence-electron chi connectivity index (χ2n) is 4.50. The van der Waals surface area contributed by atoms with Crippen molar-refractivity contribution in [2.24, 2.45) is 5.73 Å². The highest BCUT2D eigenvalue weighted by atomic mass is 16.5. The van der Waals surface area contributed by atoms with Crippen LogP contribution in [-0.2, 0) is 6.54 Å². The van der Waals surface area contributed by atoms with Gasteiger partial charge in [-0.1, -0.05) is 35.5 Å². The topological polar surface area (TPSA) is 55.3 Å². The summed E-state index contributed by atoms with van der Waals surface area (Å²) in [4.78, 5) is 2.26. The van der Waals surface area contributed by atoms with Crippen molar-refractivity contribution in [2.45, 2.75) is 12.6 Å². The fourth-order valence-corrected chi connectivity index (χ4v) is 2.09. The van der Waals surface area contributed by atoms with Gasteiger partial charge in [0.2, 0.25) is 0 Å². The van der Waals surface area contributed by atoms with Crippen LogP contribution in [-0.4, -0.2) is 29.2 Å². The van der Waals surface area contributed by atoms with E-state index in [2.05, 4.69) is 10.1 Å². The van der Waals surface area contributed by atoms with Crippen molar-refractivity contribution >= 4 is 0 Å². The lowest BCUT2D eigenvalue weighted by molar-refractivity contribution is 0.139. The zero-order valence-electron chi connectivity index (χ0n) is 9.54. The molecule has 0 unspecified atom stereocenters. The fraction of sp³-hybridized carbons (Fsp3) is 0.308. The molecule has 0 amide bonds. The molecular formula is C13H15N3O. The van der Waals surface area contributed by atoms with Crippen molar-refractivity contribution in [3.8, 4) is 11.3 Å². The Hall–Kier alpha value is -1.65. The number of hydrogen-bond acceptors (Lipinski definition) is 4. The molecule has 2 heterocycles. The Morgan fingerprint density at radius 1 is 1.29 bits per heavy atom. The first kappa shape index (κ1) is 10.5. The Morgan fingerprint density at radius 3 is 2.76 bits per heavy atom. The van der Waals surface area contributed by atoms with Gasteiger partial charge in [-0.25, -0.2) is 0 Å². The minimum atomic E-state index is 0.329. The first-order valence-corrected chi connectivity index (χ1v) is 5.80. The molecule has 0 radical (unpaired) electrons. The molecule has 4 nitrogen and oxygen atoms in total. The molecule has 1 aromatic carbocycles. The van der Waals surface area contributed by atoms with Crippen LogP contribution in [0.25, 0.3) is 11.3 Å². The Kier molecular flexibility index (Phi) is 2.66. The molecule has 0 aliphatic carbocycles. The second-order valence-corrected chi connectivity index (χ2v) is 4.50. The van der Waals surface area contributed by atoms with Gasteiger partial charge >= 0.3 is 0 Å². The highest BCUT2D eigenvalue weighted by Crippen LogP contribution is 2.21. The monoisotopic (exact) mass is 229 g/mol. The van der Waals surface area contributed by atoms with E-state index in [-0.39, 0.29) is 0 Å². The molecule has 0 atom stereocenters. The van der Waals surface area contributed by atoms with Crippen LogP contribution in [0.1, 0.15) is 5.69 Å². The predicted octanol–water partition coefficient (Wildman–Crippen LogP) is 1.48. The molecule has 1 fully saturated rings. The molecule has 0 spiro atoms. The maximum Gasteiger partial charge on any atom is 0.167 e. The molecule has 1 aliphatic heterocycles. The van der Waals surface area contributed by atoms with Gasteiger partial charge in [-0.05, 0) is 0 Å². The van der Waals surface area contributed by atoms with Crippen LogP contribution in [0.4, 0.5) is 0 Å². The lowest BCUT2D eigenvalue weighted by atomic mass is 10.1. The smallest absolute Gasteiger partial charge is 0.167 e. The molecule has 1 aromatic heterocycles. The largest absolute Gasteiger partial charge is 0.356 e. The third-order valence-corrected chi connectivity index (χ3v) is 2.99. The SMILES string of the molecule is NC1CN(Cc2cc(-c3ccccc3)on2)C1. The van der Waals surface area contributed by atoms with Gasteiger partial charge < -0.3 is 10.3 Å². The van der Waals surface area contributed by atoms with Gasteiger partial charge in [0.1, 0.15) is 0 Å². The first-order valence-electron chi connectivity index (χ1n) is 5.80. The minimum absolute atomic E-state index is 0.329. The summed E-state index contributed by atoms with van der Waals surface area (Å²) in [7, 11) is 0. The number of nitrogens with two attached hydrogens (primary N) is 1. The summed E-state index contributed by atoms with van der Waals surface area (Å²) in [5, 5.41) is 4.08. The van der Waals surface area contributed by atoms with Crippen molar-refractivity contribution in [3.63, 3.8) is 0 Å². The van der Waals surface area contributed by atoms with Crippen LogP contribution in [0.3, 0.4) is 0 Å². The summed E-state index contributed by atoms with van der Waals surface area (Å²) in [5.74, 6) is 0.824. The summed E-state index contributed by atoms with van der Waals surface area (Å²) < 4.78 is 5.34. The van der Waals surface area contributed by atoms with E-state index in [1.165, 1.54) is 0 Å². The van der Waals surface area contributed by atoms with E-state index < -0.39 is 0 Å². The summed E-state index contributed by atoms with van der Waals surface area (Å²) in [6, 6.07) is 12.3. The van der Waals surface area contributed by atoms with Crippen LogP contribution in [0, 0.1) is 0 Å². The van der Waals surface area contributed by atoms with Gasteiger partial charge in [-0.3, -0.25) is 4.90 Å². The van der Waals surface area contributed by atoms with Gasteiger partial charge in [0, 0.05) is 37.3 Å². The summed E-state index contributed by atoms with van der Waals surface area (Å²) in [5.41, 5.74) is 7.76. The van der Waals surface area contributed by atoms with Crippen LogP contribution in [0.5, 0.6) is 0 Å². The van der Waals surface area contributed by atoms with E-state index in [0.29, 0.717) is 6.04 Å². The molecule has 1 aliphatic rings. The number of benzene rings is 1. The van der Waals surface area contributed by atoms with Gasteiger partial charge in [0.25, 0.3) is 0 Å². The lowest BCUT2D eigenvalue weighted by Crippen LogP contribution is -2.54. The molecule has 17 heavy (non-hydrogen) atoms. The van der Waals surface area contributed by atoms with Crippen molar-refractivity contribution < 1.29 is 4.52 Å². The number of likely N-dealkylation sites (tertiary alicyclic amines) is 1. The van der Waals surface area contributed by atoms with Crippen LogP contribution in [0.15, 0.2) is 40.9 Å². The summed E-state index contributed by atoms with van der Waals surface area (Å²) in [6.07, 6.45) is 0. The Bertz CT molecular complexity index is 488. The van der Waals surface area contributed by atoms with E-state index in [1.807, 2.05) is 36.4 Å². The molecule has 1 saturated heterocycles. The van der Waals surface area contributed by atoms with Gasteiger partial charge in [0.15, 0.2) is 5.76 Å². The Morgan fingerprint density at radius 2 is 2.06 bits per heavy atom. The molecule has 4 heteroatoms. The second kappa shape index (κ2) is 4.31. The molecule has 2 aromatic rings. The highest BCUT2D eigenvalue weighted by molar-refractivity contribution is 5.56. The van der Waals surface area contributed by atoms with Crippen LogP contribution < -0.4 is 5.73 Å². The molecular weight excluding hydrogens is 214 g/mol. The number of nitrogens with zero attached hydrogens (tertiary/aromatic N) is 2. The van der Waals surface area contributed by atoms with Crippen LogP contribution >= 0.6 is 0 Å². The minimum Gasteiger partial charge on any atom is -0.356 e. The number of hydrogen-bond donors (Lipinski definition) is 1. The molecule has 2 N–H and O–H groups in total. The normalized spacial score (nSPS) is 17.0. The third kappa shape index (κ3) is 2.23. The maximum atomic E-state index is 5.73. The summed E-state index contributed by atoms with van der Waals surface area (Å²) >= 11 is 0. The molecule has 0 bridgehead atoms. The van der Waals surface area contributed by atoms with E-state index in [0.717, 1.165) is 36.7 Å². The Labute approximate surface area is 100 Å². The Balaban J connectivity index is 1.70. The van der Waals surface area contributed by atoms with E-state index >= 15 is 0 Å². The quantitative estimate of drug-likeness (QED) is 0.866. The summed E-state index contributed by atoms with van der Waals surface area (Å²) in [6.45, 7) is 2.73. The zero-order valence-corrected chi connectivity index (χ0v) is 9.54. The fourth-order valence-electron chi connectivity index (χ4n) is 2.09. The van der Waals surface area contributed by atoms with Crippen LogP contribution in [0.2, 0.25) is 0 Å². The van der Waals surface area contributed by atoms with Gasteiger partial charge in [-0.2, -0.15) is 0 Å². The zero-order chi connectivity index (χ0) is 11.7. The molecule has 0 saturated carbocycles. The van der Waals surface area contributed by atoms with E-state index in [4.69, 9.17) is 10.3 Å². The molecule has 3 rings (SSSR count). The maximum absolute atomic E-state index is 5.73. The molecule has 88 valence electrons. The van der Waals surface area contributed by atoms with Crippen molar-refractivity contribution in [2.75, 3.05) is 13.1 Å². The third-order valence-electron chi connectivity index (χ3n) is 2.99. The van der Waals surface area contributed by atoms with Gasteiger partial charge in [-0.15, -0.1) is 0 Å². The van der Waals surface area contributed by atoms with Crippen molar-refractivity contribution in [1.29, 1.82) is 0 Å². The number of aromatic nitrogens is 1. The van der Waals surface area contributed by atoms with Gasteiger partial charge in [0.05, 0.1) is 5.69 Å².